The minimum absolute atomic E-state index is 0.0993. The zero-order chi connectivity index (χ0) is 13.8. The lowest BCUT2D eigenvalue weighted by Gasteiger charge is -2.19. The van der Waals surface area contributed by atoms with Crippen molar-refractivity contribution in [3.05, 3.63) is 41.6 Å². The molecule has 1 aliphatic carbocycles. The number of Topliss-reactive ketones (excluding diaryl/α,β-unsaturated/α-hetero) is 1. The number of allylic oxidation sites excluding steroid dienone is 1. The molecule has 1 atom stereocenters. The minimum atomic E-state index is -1.19. The number of aromatic carboxylic acids is 1. The van der Waals surface area contributed by atoms with Crippen molar-refractivity contribution in [2.24, 2.45) is 5.92 Å². The summed E-state index contributed by atoms with van der Waals surface area (Å²) in [6.45, 7) is 1.95. The van der Waals surface area contributed by atoms with Gasteiger partial charge in [-0.25, -0.2) is 0 Å². The van der Waals surface area contributed by atoms with Crippen molar-refractivity contribution in [3.63, 3.8) is 0 Å². The Labute approximate surface area is 112 Å². The average Bonchev–Trinajstić information content (AvgIpc) is 2.41. The molecule has 4 nitrogen and oxygen atoms in total. The normalized spacial score (nSPS) is 21.4. The first kappa shape index (κ1) is 13.3. The summed E-state index contributed by atoms with van der Waals surface area (Å²) in [6.07, 6.45) is 4.51. The minimum Gasteiger partial charge on any atom is -0.545 e. The summed E-state index contributed by atoms with van der Waals surface area (Å²) < 4.78 is 0. The zero-order valence-electron chi connectivity index (χ0n) is 10.8. The summed E-state index contributed by atoms with van der Waals surface area (Å²) in [4.78, 5) is 22.5. The molecule has 0 radical (unpaired) electrons. The van der Waals surface area contributed by atoms with Crippen molar-refractivity contribution in [1.82, 2.24) is 0 Å². The number of hydrogen-bond donors (Lipinski definition) is 1. The molecule has 0 heterocycles. The topological polar surface area (TPSA) is 69.2 Å². The number of carbonyl (C=O) groups excluding carboxylic acids is 2. The number of nitrogens with one attached hydrogen (secondary N) is 1. The molecule has 1 aromatic rings. The molecule has 2 rings (SSSR count). The molecule has 0 aromatic heterocycles. The summed E-state index contributed by atoms with van der Waals surface area (Å²) in [5.41, 5.74) is 1.70. The van der Waals surface area contributed by atoms with Crippen LogP contribution in [0.1, 0.15) is 36.5 Å². The molecular formula is C15H16NO3-. The van der Waals surface area contributed by atoms with Crippen LogP contribution in [0.4, 0.5) is 5.69 Å². The van der Waals surface area contributed by atoms with Crippen molar-refractivity contribution in [1.29, 1.82) is 0 Å². The van der Waals surface area contributed by atoms with Gasteiger partial charge in [0.2, 0.25) is 0 Å². The van der Waals surface area contributed by atoms with Crippen LogP contribution in [-0.2, 0) is 4.79 Å². The Balaban J connectivity index is 2.05. The number of rotatable bonds is 3. The van der Waals surface area contributed by atoms with Crippen molar-refractivity contribution < 1.29 is 14.7 Å². The third kappa shape index (κ3) is 3.22. The molecular weight excluding hydrogens is 242 g/mol. The first-order valence-electron chi connectivity index (χ1n) is 6.39. The van der Waals surface area contributed by atoms with E-state index in [9.17, 15) is 14.7 Å². The molecule has 19 heavy (non-hydrogen) atoms. The van der Waals surface area contributed by atoms with Gasteiger partial charge in [0.05, 0.1) is 5.97 Å². The van der Waals surface area contributed by atoms with Gasteiger partial charge in [-0.15, -0.1) is 0 Å². The van der Waals surface area contributed by atoms with Crippen LogP contribution in [0, 0.1) is 5.92 Å². The maximum Gasteiger partial charge on any atom is 0.163 e. The molecule has 1 N–H and O–H groups in total. The van der Waals surface area contributed by atoms with Crippen molar-refractivity contribution >= 4 is 17.4 Å². The summed E-state index contributed by atoms with van der Waals surface area (Å²) in [6, 6.07) is 6.25. The summed E-state index contributed by atoms with van der Waals surface area (Å²) in [5.74, 6) is -0.895. The van der Waals surface area contributed by atoms with E-state index < -0.39 is 5.97 Å². The number of hydrogen-bond acceptors (Lipinski definition) is 4. The van der Waals surface area contributed by atoms with Gasteiger partial charge in [0.15, 0.2) is 5.78 Å². The lowest BCUT2D eigenvalue weighted by atomic mass is 9.86. The summed E-state index contributed by atoms with van der Waals surface area (Å²) >= 11 is 0. The monoisotopic (exact) mass is 258 g/mol. The average molecular weight is 258 g/mol. The second-order valence-electron chi connectivity index (χ2n) is 4.84. The Kier molecular flexibility index (Phi) is 4.00. The van der Waals surface area contributed by atoms with Gasteiger partial charge in [-0.2, -0.15) is 0 Å². The molecule has 100 valence electrons. The predicted octanol–water partition coefficient (Wildman–Crippen LogP) is 1.73. The molecule has 0 unspecified atom stereocenters. The van der Waals surface area contributed by atoms with E-state index >= 15 is 0 Å². The molecule has 0 saturated heterocycles. The number of ketones is 1. The quantitative estimate of drug-likeness (QED) is 0.838. The van der Waals surface area contributed by atoms with Gasteiger partial charge in [0.1, 0.15) is 0 Å². The third-order valence-electron chi connectivity index (χ3n) is 3.38. The van der Waals surface area contributed by atoms with E-state index in [-0.39, 0.29) is 17.3 Å². The van der Waals surface area contributed by atoms with Gasteiger partial charge in [-0.3, -0.25) is 4.79 Å². The highest BCUT2D eigenvalue weighted by Gasteiger charge is 2.22. The number of carboxylic acids is 1. The third-order valence-corrected chi connectivity index (χ3v) is 3.38. The highest BCUT2D eigenvalue weighted by Crippen LogP contribution is 2.24. The largest absolute Gasteiger partial charge is 0.545 e. The van der Waals surface area contributed by atoms with Crippen LogP contribution in [0.15, 0.2) is 36.0 Å². The van der Waals surface area contributed by atoms with Gasteiger partial charge in [-0.1, -0.05) is 19.1 Å². The molecule has 0 spiro atoms. The van der Waals surface area contributed by atoms with Crippen molar-refractivity contribution in [2.75, 3.05) is 5.32 Å². The summed E-state index contributed by atoms with van der Waals surface area (Å²) in [7, 11) is 0. The number of carboxylic acid groups (broad SMARTS) is 1. The van der Waals surface area contributed by atoms with E-state index in [1.165, 1.54) is 12.1 Å². The van der Waals surface area contributed by atoms with E-state index in [1.54, 1.807) is 18.3 Å². The van der Waals surface area contributed by atoms with Crippen LogP contribution < -0.4 is 10.4 Å². The van der Waals surface area contributed by atoms with Gasteiger partial charge >= 0.3 is 0 Å². The van der Waals surface area contributed by atoms with Gasteiger partial charge in [0.25, 0.3) is 0 Å². The molecule has 1 saturated carbocycles. The zero-order valence-corrected chi connectivity index (χ0v) is 10.8. The Bertz CT molecular complexity index is 517. The standard InChI is InChI=1S/C15H17NO3/c1-10-3-2-4-12(14(10)17)9-16-13-7-5-11(6-8-13)15(18)19/h5-10,16H,2-4H2,1H3,(H,18,19)/p-1/t10-/m1/s1. The number of benzene rings is 1. The number of anilines is 1. The molecule has 0 bridgehead atoms. The smallest absolute Gasteiger partial charge is 0.163 e. The van der Waals surface area contributed by atoms with Crippen LogP contribution in [0.3, 0.4) is 0 Å². The first-order valence-corrected chi connectivity index (χ1v) is 6.39. The van der Waals surface area contributed by atoms with E-state index in [1.807, 2.05) is 6.92 Å². The van der Waals surface area contributed by atoms with Gasteiger partial charge < -0.3 is 15.2 Å². The molecule has 0 amide bonds. The van der Waals surface area contributed by atoms with Crippen molar-refractivity contribution in [2.45, 2.75) is 26.2 Å². The Morgan fingerprint density at radius 1 is 1.37 bits per heavy atom. The van der Waals surface area contributed by atoms with Crippen LogP contribution in [0.25, 0.3) is 0 Å². The maximum atomic E-state index is 11.9. The maximum absolute atomic E-state index is 11.9. The predicted molar refractivity (Wildman–Crippen MR) is 70.5 cm³/mol. The van der Waals surface area contributed by atoms with E-state index in [0.717, 1.165) is 30.5 Å². The lowest BCUT2D eigenvalue weighted by Crippen LogP contribution is -2.22. The lowest BCUT2D eigenvalue weighted by molar-refractivity contribution is -0.255. The Hall–Kier alpha value is -2.10. The van der Waals surface area contributed by atoms with Crippen LogP contribution >= 0.6 is 0 Å². The van der Waals surface area contributed by atoms with E-state index in [2.05, 4.69) is 5.32 Å². The Morgan fingerprint density at radius 3 is 2.68 bits per heavy atom. The molecule has 1 aromatic carbocycles. The van der Waals surface area contributed by atoms with Crippen molar-refractivity contribution in [3.8, 4) is 0 Å². The Morgan fingerprint density at radius 2 is 2.05 bits per heavy atom. The molecule has 0 aliphatic heterocycles. The molecule has 1 aliphatic rings. The van der Waals surface area contributed by atoms with Crippen LogP contribution in [-0.4, -0.2) is 11.8 Å². The fourth-order valence-electron chi connectivity index (χ4n) is 2.19. The number of carbonyl (C=O) groups is 2. The highest BCUT2D eigenvalue weighted by molar-refractivity contribution is 5.97. The van der Waals surface area contributed by atoms with Gasteiger partial charge in [0, 0.05) is 23.4 Å². The molecule has 4 heteroatoms. The fraction of sp³-hybridized carbons (Fsp3) is 0.333. The second kappa shape index (κ2) is 5.69. The first-order chi connectivity index (χ1) is 9.08. The van der Waals surface area contributed by atoms with E-state index in [0.29, 0.717) is 0 Å². The fourth-order valence-corrected chi connectivity index (χ4v) is 2.19. The SMILES string of the molecule is C[C@@H]1CCCC(=CNc2ccc(C(=O)[O-])cc2)C1=O. The van der Waals surface area contributed by atoms with Gasteiger partial charge in [-0.05, 0) is 37.0 Å². The summed E-state index contributed by atoms with van der Waals surface area (Å²) in [5, 5.41) is 13.6. The van der Waals surface area contributed by atoms with Crippen LogP contribution in [0.2, 0.25) is 0 Å². The second-order valence-corrected chi connectivity index (χ2v) is 4.84. The van der Waals surface area contributed by atoms with Crippen LogP contribution in [0.5, 0.6) is 0 Å². The molecule has 1 fully saturated rings. The van der Waals surface area contributed by atoms with E-state index in [4.69, 9.17) is 0 Å². The highest BCUT2D eigenvalue weighted by atomic mass is 16.4.